The first-order valence-corrected chi connectivity index (χ1v) is 7.50. The van der Waals surface area contributed by atoms with E-state index in [0.717, 1.165) is 60.8 Å². The minimum absolute atomic E-state index is 0.776. The van der Waals surface area contributed by atoms with Gasteiger partial charge in [-0.05, 0) is 12.8 Å². The molecule has 2 heterocycles. The average molecular weight is 275 g/mol. The van der Waals surface area contributed by atoms with Crippen molar-refractivity contribution in [3.05, 3.63) is 17.7 Å². The zero-order valence-electron chi connectivity index (χ0n) is 13.0. The second-order valence-corrected chi connectivity index (χ2v) is 5.14. The average Bonchev–Trinajstić information content (AvgIpc) is 2.96. The van der Waals surface area contributed by atoms with Gasteiger partial charge in [0.2, 0.25) is 0 Å². The van der Waals surface area contributed by atoms with E-state index in [-0.39, 0.29) is 0 Å². The summed E-state index contributed by atoms with van der Waals surface area (Å²) in [5.41, 5.74) is 9.36. The van der Waals surface area contributed by atoms with Gasteiger partial charge in [0, 0.05) is 31.8 Å². The van der Waals surface area contributed by atoms with Crippen molar-refractivity contribution in [1.82, 2.24) is 19.3 Å². The van der Waals surface area contributed by atoms with Crippen LogP contribution < -0.4 is 5.73 Å². The first kappa shape index (κ1) is 14.6. The van der Waals surface area contributed by atoms with Crippen LogP contribution in [0.2, 0.25) is 0 Å². The zero-order valence-corrected chi connectivity index (χ0v) is 13.0. The maximum atomic E-state index is 6.35. The molecule has 2 rings (SSSR count). The Kier molecular flexibility index (Phi) is 4.47. The number of aromatic nitrogens is 4. The number of anilines is 1. The van der Waals surface area contributed by atoms with Crippen molar-refractivity contribution in [1.29, 1.82) is 0 Å². The molecule has 0 bridgehead atoms. The second kappa shape index (κ2) is 6.11. The summed E-state index contributed by atoms with van der Waals surface area (Å²) >= 11 is 0. The molecule has 0 aliphatic rings. The number of unbranched alkanes of at least 4 members (excludes halogenated alkanes) is 1. The third-order valence-electron chi connectivity index (χ3n) is 3.63. The van der Waals surface area contributed by atoms with Crippen molar-refractivity contribution in [2.24, 2.45) is 7.05 Å². The molecular weight excluding hydrogens is 250 g/mol. The third kappa shape index (κ3) is 2.57. The fourth-order valence-electron chi connectivity index (χ4n) is 2.54. The molecule has 5 heteroatoms. The van der Waals surface area contributed by atoms with Crippen molar-refractivity contribution in [3.63, 3.8) is 0 Å². The fourth-order valence-corrected chi connectivity index (χ4v) is 2.54. The van der Waals surface area contributed by atoms with Crippen molar-refractivity contribution < 1.29 is 0 Å². The maximum Gasteiger partial charge on any atom is 0.131 e. The predicted octanol–water partition coefficient (Wildman–Crippen LogP) is 2.79. The number of aryl methyl sites for hydroxylation is 3. The quantitative estimate of drug-likeness (QED) is 0.881. The number of nitrogens with two attached hydrogens (primary N) is 1. The summed E-state index contributed by atoms with van der Waals surface area (Å²) in [6, 6.07) is 0. The molecule has 20 heavy (non-hydrogen) atoms. The van der Waals surface area contributed by atoms with Crippen LogP contribution >= 0.6 is 0 Å². The van der Waals surface area contributed by atoms with Gasteiger partial charge in [-0.3, -0.25) is 4.68 Å². The maximum absolute atomic E-state index is 6.35. The molecule has 2 N–H and O–H groups in total. The third-order valence-corrected chi connectivity index (χ3v) is 3.63. The molecular formula is C15H25N5. The molecule has 0 saturated heterocycles. The van der Waals surface area contributed by atoms with Crippen molar-refractivity contribution in [3.8, 4) is 11.3 Å². The van der Waals surface area contributed by atoms with E-state index >= 15 is 0 Å². The van der Waals surface area contributed by atoms with Gasteiger partial charge in [0.05, 0.1) is 5.69 Å². The number of nitrogens with zero attached hydrogens (tertiary/aromatic N) is 4. The minimum atomic E-state index is 0.776. The normalized spacial score (nSPS) is 11.2. The van der Waals surface area contributed by atoms with Crippen LogP contribution in [0.1, 0.15) is 45.1 Å². The van der Waals surface area contributed by atoms with Crippen LogP contribution in [0.3, 0.4) is 0 Å². The smallest absolute Gasteiger partial charge is 0.131 e. The molecule has 2 aromatic heterocycles. The summed E-state index contributed by atoms with van der Waals surface area (Å²) in [7, 11) is 1.94. The minimum Gasteiger partial charge on any atom is -0.383 e. The van der Waals surface area contributed by atoms with Gasteiger partial charge in [0.25, 0.3) is 0 Å². The highest BCUT2D eigenvalue weighted by atomic mass is 15.3. The van der Waals surface area contributed by atoms with Crippen LogP contribution in [0, 0.1) is 0 Å². The van der Waals surface area contributed by atoms with Gasteiger partial charge in [0.1, 0.15) is 17.3 Å². The predicted molar refractivity (Wildman–Crippen MR) is 82.5 cm³/mol. The molecule has 0 amide bonds. The van der Waals surface area contributed by atoms with Gasteiger partial charge < -0.3 is 10.3 Å². The molecule has 0 fully saturated rings. The highest BCUT2D eigenvalue weighted by Crippen LogP contribution is 2.29. The molecule has 0 radical (unpaired) electrons. The molecule has 5 nitrogen and oxygen atoms in total. The standard InChI is InChI=1S/C15H25N5/c1-5-8-9-20-13(7-3)17-14(15(20)16)11-10-19(4)18-12(11)6-2/h10H,5-9,16H2,1-4H3. The summed E-state index contributed by atoms with van der Waals surface area (Å²) in [6.45, 7) is 7.37. The van der Waals surface area contributed by atoms with Gasteiger partial charge in [0.15, 0.2) is 0 Å². The Balaban J connectivity index is 2.48. The Hall–Kier alpha value is -1.78. The van der Waals surface area contributed by atoms with E-state index in [2.05, 4.69) is 30.4 Å². The highest BCUT2D eigenvalue weighted by molar-refractivity contribution is 5.72. The number of hydrogen-bond donors (Lipinski definition) is 1. The van der Waals surface area contributed by atoms with E-state index in [9.17, 15) is 0 Å². The Morgan fingerprint density at radius 2 is 1.95 bits per heavy atom. The van der Waals surface area contributed by atoms with Crippen LogP contribution in [-0.2, 0) is 26.4 Å². The summed E-state index contributed by atoms with van der Waals surface area (Å²) in [5.74, 6) is 1.84. The fraction of sp³-hybridized carbons (Fsp3) is 0.600. The lowest BCUT2D eigenvalue weighted by atomic mass is 10.1. The molecule has 110 valence electrons. The number of hydrogen-bond acceptors (Lipinski definition) is 3. The highest BCUT2D eigenvalue weighted by Gasteiger charge is 2.18. The van der Waals surface area contributed by atoms with E-state index in [4.69, 9.17) is 10.7 Å². The van der Waals surface area contributed by atoms with E-state index in [1.165, 1.54) is 0 Å². The monoisotopic (exact) mass is 275 g/mol. The number of imidazole rings is 1. The molecule has 0 unspecified atom stereocenters. The summed E-state index contributed by atoms with van der Waals surface area (Å²) in [6.07, 6.45) is 6.08. The van der Waals surface area contributed by atoms with Gasteiger partial charge in [-0.2, -0.15) is 5.10 Å². The van der Waals surface area contributed by atoms with E-state index < -0.39 is 0 Å². The van der Waals surface area contributed by atoms with Crippen molar-refractivity contribution in [2.45, 2.75) is 53.0 Å². The summed E-state index contributed by atoms with van der Waals surface area (Å²) in [4.78, 5) is 4.76. The Morgan fingerprint density at radius 1 is 1.20 bits per heavy atom. The van der Waals surface area contributed by atoms with Crippen LogP contribution in [0.4, 0.5) is 5.82 Å². The molecule has 0 saturated carbocycles. The summed E-state index contributed by atoms with van der Waals surface area (Å²) < 4.78 is 4.00. The second-order valence-electron chi connectivity index (χ2n) is 5.14. The van der Waals surface area contributed by atoms with Gasteiger partial charge in [-0.25, -0.2) is 4.98 Å². The molecule has 0 aromatic carbocycles. The van der Waals surface area contributed by atoms with E-state index in [1.54, 1.807) is 0 Å². The van der Waals surface area contributed by atoms with Crippen LogP contribution in [0.5, 0.6) is 0 Å². The van der Waals surface area contributed by atoms with Crippen LogP contribution in [-0.4, -0.2) is 19.3 Å². The van der Waals surface area contributed by atoms with Crippen molar-refractivity contribution in [2.75, 3.05) is 5.73 Å². The van der Waals surface area contributed by atoms with Gasteiger partial charge in [-0.1, -0.05) is 27.2 Å². The lowest BCUT2D eigenvalue weighted by Crippen LogP contribution is -2.06. The molecule has 0 aliphatic carbocycles. The topological polar surface area (TPSA) is 61.7 Å². The molecule has 0 spiro atoms. The lowest BCUT2D eigenvalue weighted by Gasteiger charge is -2.07. The molecule has 2 aromatic rings. The van der Waals surface area contributed by atoms with Crippen molar-refractivity contribution >= 4 is 5.82 Å². The first-order valence-electron chi connectivity index (χ1n) is 7.50. The summed E-state index contributed by atoms with van der Waals surface area (Å²) in [5, 5.41) is 4.49. The number of nitrogen functional groups attached to an aromatic ring is 1. The Morgan fingerprint density at radius 3 is 2.55 bits per heavy atom. The van der Waals surface area contributed by atoms with E-state index in [1.807, 2.05) is 17.9 Å². The lowest BCUT2D eigenvalue weighted by molar-refractivity contribution is 0.612. The van der Waals surface area contributed by atoms with Crippen LogP contribution in [0.15, 0.2) is 6.20 Å². The van der Waals surface area contributed by atoms with Gasteiger partial charge in [-0.15, -0.1) is 0 Å². The largest absolute Gasteiger partial charge is 0.383 e. The Labute approximate surface area is 120 Å². The van der Waals surface area contributed by atoms with Gasteiger partial charge >= 0.3 is 0 Å². The van der Waals surface area contributed by atoms with E-state index in [0.29, 0.717) is 0 Å². The molecule has 0 atom stereocenters. The number of rotatable bonds is 6. The molecule has 0 aliphatic heterocycles. The zero-order chi connectivity index (χ0) is 14.7. The Bertz CT molecular complexity index is 579. The SMILES string of the molecule is CCCCn1c(CC)nc(-c2cn(C)nc2CC)c1N. The van der Waals surface area contributed by atoms with Crippen LogP contribution in [0.25, 0.3) is 11.3 Å². The first-order chi connectivity index (χ1) is 9.62.